The van der Waals surface area contributed by atoms with Crippen LogP contribution in [0.1, 0.15) is 21.7 Å². The number of amides is 1. The maximum Gasteiger partial charge on any atom is 0.256 e. The van der Waals surface area contributed by atoms with Crippen LogP contribution in [0.2, 0.25) is 5.02 Å². The lowest BCUT2D eigenvalue weighted by molar-refractivity contribution is 0.102. The number of sulfone groups is 1. The third-order valence-corrected chi connectivity index (χ3v) is 8.53. The van der Waals surface area contributed by atoms with Crippen LogP contribution in [0.4, 0.5) is 5.69 Å². The largest absolute Gasteiger partial charge is 0.497 e. The van der Waals surface area contributed by atoms with E-state index in [-0.39, 0.29) is 21.2 Å². The molecular formula is C29H25ClN4O4S. The summed E-state index contributed by atoms with van der Waals surface area (Å²) in [5.41, 5.74) is 4.51. The lowest BCUT2D eigenvalue weighted by Gasteiger charge is -2.13. The second-order valence-electron chi connectivity index (χ2n) is 9.05. The van der Waals surface area contributed by atoms with Crippen molar-refractivity contribution in [1.82, 2.24) is 14.8 Å². The number of aromatic nitrogens is 3. The molecular weight excluding hydrogens is 536 g/mol. The van der Waals surface area contributed by atoms with E-state index >= 15 is 0 Å². The van der Waals surface area contributed by atoms with Gasteiger partial charge in [0.2, 0.25) is 9.84 Å². The van der Waals surface area contributed by atoms with Crippen LogP contribution in [0.5, 0.6) is 5.75 Å². The standard InChI is InChI=1S/C29H25ClN4O4S/c1-17-28(18(2)34(3)33-17)27-16-25(24-7-5-6-8-26(24)32-27)29(35)31-20-13-21(38-4)15-23(14-20)39(36,37)22-11-9-19(30)10-12-22/h5-16H,1-4H3,(H,31,35). The van der Waals surface area contributed by atoms with Crippen molar-refractivity contribution in [1.29, 1.82) is 0 Å². The van der Waals surface area contributed by atoms with Crippen molar-refractivity contribution in [3.05, 3.63) is 94.8 Å². The van der Waals surface area contributed by atoms with E-state index in [0.29, 0.717) is 27.2 Å². The topological polar surface area (TPSA) is 103 Å². The highest BCUT2D eigenvalue weighted by Crippen LogP contribution is 2.32. The van der Waals surface area contributed by atoms with Crippen LogP contribution in [0.25, 0.3) is 22.2 Å². The normalized spacial score (nSPS) is 11.5. The van der Waals surface area contributed by atoms with Crippen molar-refractivity contribution < 1.29 is 17.9 Å². The molecule has 198 valence electrons. The number of para-hydroxylation sites is 1. The molecule has 0 saturated heterocycles. The van der Waals surface area contributed by atoms with Crippen LogP contribution in [-0.4, -0.2) is 36.2 Å². The minimum absolute atomic E-state index is 0.0265. The first kappa shape index (κ1) is 26.4. The Morgan fingerprint density at radius 1 is 0.974 bits per heavy atom. The van der Waals surface area contributed by atoms with Gasteiger partial charge in [-0.1, -0.05) is 29.8 Å². The number of fused-ring (bicyclic) bond motifs is 1. The molecule has 0 atom stereocenters. The molecule has 0 radical (unpaired) electrons. The molecule has 0 saturated carbocycles. The number of pyridine rings is 1. The zero-order chi connectivity index (χ0) is 27.9. The van der Waals surface area contributed by atoms with E-state index < -0.39 is 15.7 Å². The molecule has 0 aliphatic rings. The summed E-state index contributed by atoms with van der Waals surface area (Å²) in [6.45, 7) is 3.85. The molecule has 0 fully saturated rings. The van der Waals surface area contributed by atoms with Crippen LogP contribution in [-0.2, 0) is 16.9 Å². The molecule has 0 unspecified atom stereocenters. The minimum Gasteiger partial charge on any atom is -0.497 e. The van der Waals surface area contributed by atoms with Gasteiger partial charge in [-0.05, 0) is 62.4 Å². The third kappa shape index (κ3) is 4.98. The Balaban J connectivity index is 1.58. The van der Waals surface area contributed by atoms with Crippen molar-refractivity contribution in [2.45, 2.75) is 23.6 Å². The van der Waals surface area contributed by atoms with E-state index in [4.69, 9.17) is 21.3 Å². The van der Waals surface area contributed by atoms with Crippen molar-refractivity contribution in [3.63, 3.8) is 0 Å². The Bertz CT molecular complexity index is 1850. The van der Waals surface area contributed by atoms with Gasteiger partial charge in [0.15, 0.2) is 0 Å². The van der Waals surface area contributed by atoms with Crippen LogP contribution in [0.15, 0.2) is 82.6 Å². The van der Waals surface area contributed by atoms with E-state index in [1.165, 1.54) is 43.5 Å². The summed E-state index contributed by atoms with van der Waals surface area (Å²) in [5, 5.41) is 8.43. The van der Waals surface area contributed by atoms with Crippen LogP contribution < -0.4 is 10.1 Å². The average molecular weight is 561 g/mol. The minimum atomic E-state index is -3.91. The lowest BCUT2D eigenvalue weighted by atomic mass is 10.0. The molecule has 0 aliphatic carbocycles. The summed E-state index contributed by atoms with van der Waals surface area (Å²) in [6, 6.07) is 19.4. The summed E-state index contributed by atoms with van der Waals surface area (Å²) in [5.74, 6) is -0.139. The first-order valence-corrected chi connectivity index (χ1v) is 13.9. The Morgan fingerprint density at radius 2 is 1.69 bits per heavy atom. The number of aryl methyl sites for hydroxylation is 2. The summed E-state index contributed by atoms with van der Waals surface area (Å²) in [4.78, 5) is 18.5. The first-order valence-electron chi connectivity index (χ1n) is 12.0. The van der Waals surface area contributed by atoms with Crippen LogP contribution >= 0.6 is 11.6 Å². The number of nitrogens with one attached hydrogen (secondary N) is 1. The van der Waals surface area contributed by atoms with Crippen LogP contribution in [0.3, 0.4) is 0 Å². The van der Waals surface area contributed by atoms with Crippen molar-refractivity contribution in [2.24, 2.45) is 7.05 Å². The van der Waals surface area contributed by atoms with Gasteiger partial charge in [0.1, 0.15) is 5.75 Å². The molecule has 0 bridgehead atoms. The molecule has 2 heterocycles. The molecule has 0 spiro atoms. The number of nitrogens with zero attached hydrogens (tertiary/aromatic N) is 3. The van der Waals surface area contributed by atoms with E-state index in [9.17, 15) is 13.2 Å². The van der Waals surface area contributed by atoms with Gasteiger partial charge in [0.05, 0.1) is 39.4 Å². The highest BCUT2D eigenvalue weighted by Gasteiger charge is 2.22. The van der Waals surface area contributed by atoms with Gasteiger partial charge in [0, 0.05) is 40.5 Å². The van der Waals surface area contributed by atoms with Crippen molar-refractivity contribution in [2.75, 3.05) is 12.4 Å². The SMILES string of the molecule is COc1cc(NC(=O)c2cc(-c3c(C)nn(C)c3C)nc3ccccc23)cc(S(=O)(=O)c2ccc(Cl)cc2)c1. The predicted molar refractivity (Wildman–Crippen MR) is 151 cm³/mol. The number of hydrogen-bond acceptors (Lipinski definition) is 6. The molecule has 2 aromatic heterocycles. The number of ether oxygens (including phenoxy) is 1. The first-order chi connectivity index (χ1) is 18.6. The number of halogens is 1. The van der Waals surface area contributed by atoms with Gasteiger partial charge >= 0.3 is 0 Å². The molecule has 0 aliphatic heterocycles. The maximum atomic E-state index is 13.7. The van der Waals surface area contributed by atoms with Gasteiger partial charge < -0.3 is 10.1 Å². The molecule has 10 heteroatoms. The Kier molecular flexibility index (Phi) is 6.88. The molecule has 5 aromatic rings. The zero-order valence-corrected chi connectivity index (χ0v) is 23.3. The number of methoxy groups -OCH3 is 1. The molecule has 3 aromatic carbocycles. The number of rotatable bonds is 6. The molecule has 1 amide bonds. The number of hydrogen-bond donors (Lipinski definition) is 1. The smallest absolute Gasteiger partial charge is 0.256 e. The van der Waals surface area contributed by atoms with Gasteiger partial charge in [0.25, 0.3) is 5.91 Å². The number of carbonyl (C=O) groups is 1. The summed E-state index contributed by atoms with van der Waals surface area (Å²) >= 11 is 5.93. The van der Waals surface area contributed by atoms with E-state index in [1.54, 1.807) is 16.8 Å². The summed E-state index contributed by atoms with van der Waals surface area (Å²) < 4.78 is 33.8. The molecule has 5 rings (SSSR count). The molecule has 1 N–H and O–H groups in total. The highest BCUT2D eigenvalue weighted by atomic mass is 35.5. The Morgan fingerprint density at radius 3 is 2.36 bits per heavy atom. The van der Waals surface area contributed by atoms with E-state index in [2.05, 4.69) is 10.4 Å². The Hall–Kier alpha value is -4.21. The van der Waals surface area contributed by atoms with Crippen molar-refractivity contribution >= 4 is 43.9 Å². The third-order valence-electron chi connectivity index (χ3n) is 6.53. The zero-order valence-electron chi connectivity index (χ0n) is 21.7. The second kappa shape index (κ2) is 10.2. The van der Waals surface area contributed by atoms with Gasteiger partial charge in [-0.3, -0.25) is 9.48 Å². The van der Waals surface area contributed by atoms with Gasteiger partial charge in [-0.25, -0.2) is 13.4 Å². The maximum absolute atomic E-state index is 13.7. The van der Waals surface area contributed by atoms with E-state index in [0.717, 1.165) is 17.0 Å². The quantitative estimate of drug-likeness (QED) is 0.273. The average Bonchev–Trinajstić information content (AvgIpc) is 3.18. The van der Waals surface area contributed by atoms with Gasteiger partial charge in [-0.15, -0.1) is 0 Å². The molecule has 8 nitrogen and oxygen atoms in total. The fourth-order valence-electron chi connectivity index (χ4n) is 4.50. The fraction of sp³-hybridized carbons (Fsp3) is 0.138. The fourth-order valence-corrected chi connectivity index (χ4v) is 5.95. The summed E-state index contributed by atoms with van der Waals surface area (Å²) in [6.07, 6.45) is 0. The molecule has 39 heavy (non-hydrogen) atoms. The van der Waals surface area contributed by atoms with Crippen LogP contribution in [0, 0.1) is 13.8 Å². The Labute approximate surface area is 231 Å². The monoisotopic (exact) mass is 560 g/mol. The predicted octanol–water partition coefficient (Wildman–Crippen LogP) is 6.00. The van der Waals surface area contributed by atoms with Gasteiger partial charge in [-0.2, -0.15) is 5.10 Å². The van der Waals surface area contributed by atoms with E-state index in [1.807, 2.05) is 45.2 Å². The number of benzene rings is 3. The van der Waals surface area contributed by atoms with Crippen molar-refractivity contribution in [3.8, 4) is 17.0 Å². The lowest BCUT2D eigenvalue weighted by Crippen LogP contribution is -2.14. The highest BCUT2D eigenvalue weighted by molar-refractivity contribution is 7.91. The number of anilines is 1. The second-order valence-corrected chi connectivity index (χ2v) is 11.4. The summed E-state index contributed by atoms with van der Waals surface area (Å²) in [7, 11) is -0.614. The number of carbonyl (C=O) groups excluding carboxylic acids is 1.